The fraction of sp³-hybridized carbons (Fsp3) is 0.500. The molecule has 0 radical (unpaired) electrons. The van der Waals surface area contributed by atoms with Crippen LogP contribution in [0.5, 0.6) is 0 Å². The minimum absolute atomic E-state index is 0.172. The number of carbonyl (C=O) groups is 1. The Morgan fingerprint density at radius 2 is 2.46 bits per heavy atom. The van der Waals surface area contributed by atoms with Crippen LogP contribution in [0.4, 0.5) is 5.82 Å². The molecule has 1 heterocycles. The molecule has 0 atom stereocenters. The summed E-state index contributed by atoms with van der Waals surface area (Å²) in [5.41, 5.74) is 5.90. The highest BCUT2D eigenvalue weighted by Gasteiger charge is 2.09. The van der Waals surface area contributed by atoms with Gasteiger partial charge in [0, 0.05) is 19.7 Å². The van der Waals surface area contributed by atoms with Gasteiger partial charge in [-0.2, -0.15) is 5.10 Å². The first-order valence-corrected chi connectivity index (χ1v) is 4.23. The molecule has 0 bridgehead atoms. The van der Waals surface area contributed by atoms with Crippen molar-refractivity contribution in [2.24, 2.45) is 7.05 Å². The lowest BCUT2D eigenvalue weighted by molar-refractivity contribution is 0.0948. The predicted molar refractivity (Wildman–Crippen MR) is 50.2 cm³/mol. The first-order chi connectivity index (χ1) is 6.15. The van der Waals surface area contributed by atoms with Gasteiger partial charge in [0.05, 0.1) is 0 Å². The second-order valence-corrected chi connectivity index (χ2v) is 2.83. The number of nitrogens with zero attached hydrogens (tertiary/aromatic N) is 2. The highest BCUT2D eigenvalue weighted by atomic mass is 16.1. The lowest BCUT2D eigenvalue weighted by atomic mass is 10.4. The number of nitrogens with one attached hydrogen (secondary N) is 1. The minimum Gasteiger partial charge on any atom is -0.384 e. The van der Waals surface area contributed by atoms with E-state index in [4.69, 9.17) is 5.73 Å². The lowest BCUT2D eigenvalue weighted by Crippen LogP contribution is -2.24. The van der Waals surface area contributed by atoms with Crippen LogP contribution in [0.1, 0.15) is 23.8 Å². The summed E-state index contributed by atoms with van der Waals surface area (Å²) in [7, 11) is 1.70. The van der Waals surface area contributed by atoms with Crippen LogP contribution in [0.15, 0.2) is 6.07 Å². The van der Waals surface area contributed by atoms with Gasteiger partial charge in [-0.3, -0.25) is 9.48 Å². The Hall–Kier alpha value is -1.52. The molecule has 0 saturated heterocycles. The van der Waals surface area contributed by atoms with Crippen LogP contribution < -0.4 is 11.1 Å². The molecule has 3 N–H and O–H groups in total. The molecule has 5 nitrogen and oxygen atoms in total. The third kappa shape index (κ3) is 2.21. The number of carbonyl (C=O) groups excluding carboxylic acids is 1. The summed E-state index contributed by atoms with van der Waals surface area (Å²) in [6.45, 7) is 2.66. The van der Waals surface area contributed by atoms with Crippen molar-refractivity contribution >= 4 is 11.7 Å². The first-order valence-electron chi connectivity index (χ1n) is 4.23. The Bertz CT molecular complexity index is 286. The molecule has 0 aliphatic rings. The lowest BCUT2D eigenvalue weighted by Gasteiger charge is -1.98. The zero-order valence-electron chi connectivity index (χ0n) is 7.87. The smallest absolute Gasteiger partial charge is 0.271 e. The van der Waals surface area contributed by atoms with Crippen LogP contribution in [0.2, 0.25) is 0 Å². The quantitative estimate of drug-likeness (QED) is 0.698. The number of hydrogen-bond donors (Lipinski definition) is 2. The Morgan fingerprint density at radius 3 is 2.92 bits per heavy atom. The van der Waals surface area contributed by atoms with Gasteiger partial charge >= 0.3 is 0 Å². The van der Waals surface area contributed by atoms with Crippen molar-refractivity contribution in [1.29, 1.82) is 0 Å². The van der Waals surface area contributed by atoms with E-state index in [9.17, 15) is 4.79 Å². The molecule has 1 amide bonds. The van der Waals surface area contributed by atoms with Gasteiger partial charge in [-0.1, -0.05) is 6.92 Å². The summed E-state index contributed by atoms with van der Waals surface area (Å²) in [6.07, 6.45) is 0.911. The zero-order valence-corrected chi connectivity index (χ0v) is 7.87. The monoisotopic (exact) mass is 182 g/mol. The molecule has 72 valence electrons. The van der Waals surface area contributed by atoms with Crippen molar-refractivity contribution in [2.75, 3.05) is 12.3 Å². The van der Waals surface area contributed by atoms with Crippen LogP contribution in [-0.4, -0.2) is 22.2 Å². The number of amides is 1. The SMILES string of the molecule is CCCNC(=O)c1cc(N)n(C)n1. The highest BCUT2D eigenvalue weighted by Crippen LogP contribution is 2.03. The number of aromatic nitrogens is 2. The van der Waals surface area contributed by atoms with Crippen molar-refractivity contribution in [2.45, 2.75) is 13.3 Å². The number of aryl methyl sites for hydroxylation is 1. The Morgan fingerprint density at radius 1 is 1.77 bits per heavy atom. The number of anilines is 1. The van der Waals surface area contributed by atoms with E-state index in [1.165, 1.54) is 4.68 Å². The molecule has 0 spiro atoms. The molecule has 1 rings (SSSR count). The van der Waals surface area contributed by atoms with E-state index in [0.29, 0.717) is 18.1 Å². The fourth-order valence-corrected chi connectivity index (χ4v) is 0.922. The molecule has 1 aromatic rings. The Balaban J connectivity index is 2.66. The second-order valence-electron chi connectivity index (χ2n) is 2.83. The van der Waals surface area contributed by atoms with Gasteiger partial charge in [0.15, 0.2) is 5.69 Å². The molecule has 0 fully saturated rings. The van der Waals surface area contributed by atoms with Gasteiger partial charge in [0.1, 0.15) is 5.82 Å². The van der Waals surface area contributed by atoms with Crippen molar-refractivity contribution in [3.63, 3.8) is 0 Å². The van der Waals surface area contributed by atoms with E-state index >= 15 is 0 Å². The van der Waals surface area contributed by atoms with Gasteiger partial charge < -0.3 is 11.1 Å². The minimum atomic E-state index is -0.172. The van der Waals surface area contributed by atoms with E-state index in [1.807, 2.05) is 6.92 Å². The normalized spacial score (nSPS) is 10.0. The van der Waals surface area contributed by atoms with Gasteiger partial charge in [-0.05, 0) is 6.42 Å². The van der Waals surface area contributed by atoms with E-state index in [2.05, 4.69) is 10.4 Å². The summed E-state index contributed by atoms with van der Waals surface area (Å²) in [6, 6.07) is 1.56. The van der Waals surface area contributed by atoms with Crippen molar-refractivity contribution in [3.8, 4) is 0 Å². The maximum absolute atomic E-state index is 11.3. The van der Waals surface area contributed by atoms with E-state index < -0.39 is 0 Å². The average molecular weight is 182 g/mol. The van der Waals surface area contributed by atoms with Gasteiger partial charge in [-0.25, -0.2) is 0 Å². The van der Waals surface area contributed by atoms with Crippen molar-refractivity contribution in [3.05, 3.63) is 11.8 Å². The summed E-state index contributed by atoms with van der Waals surface area (Å²) >= 11 is 0. The Kier molecular flexibility index (Phi) is 2.89. The molecule has 1 aromatic heterocycles. The molecular formula is C8H14N4O. The van der Waals surface area contributed by atoms with Crippen LogP contribution in [0, 0.1) is 0 Å². The molecule has 0 aliphatic carbocycles. The molecule has 5 heteroatoms. The molecule has 13 heavy (non-hydrogen) atoms. The number of nitrogen functional groups attached to an aromatic ring is 1. The maximum Gasteiger partial charge on any atom is 0.271 e. The molecular weight excluding hydrogens is 168 g/mol. The number of hydrogen-bond acceptors (Lipinski definition) is 3. The number of nitrogens with two attached hydrogens (primary N) is 1. The summed E-state index contributed by atoms with van der Waals surface area (Å²) in [4.78, 5) is 11.3. The van der Waals surface area contributed by atoms with Crippen LogP contribution in [0.3, 0.4) is 0 Å². The van der Waals surface area contributed by atoms with Crippen LogP contribution in [-0.2, 0) is 7.05 Å². The maximum atomic E-state index is 11.3. The highest BCUT2D eigenvalue weighted by molar-refractivity contribution is 5.92. The Labute approximate surface area is 76.9 Å². The largest absolute Gasteiger partial charge is 0.384 e. The standard InChI is InChI=1S/C8H14N4O/c1-3-4-10-8(13)6-5-7(9)12(2)11-6/h5H,3-4,9H2,1-2H3,(H,10,13). The molecule has 0 aromatic carbocycles. The van der Waals surface area contributed by atoms with Gasteiger partial charge in [0.2, 0.25) is 0 Å². The van der Waals surface area contributed by atoms with E-state index in [-0.39, 0.29) is 5.91 Å². The van der Waals surface area contributed by atoms with Crippen molar-refractivity contribution in [1.82, 2.24) is 15.1 Å². The third-order valence-electron chi connectivity index (χ3n) is 1.68. The zero-order chi connectivity index (χ0) is 9.84. The fourth-order valence-electron chi connectivity index (χ4n) is 0.922. The van der Waals surface area contributed by atoms with Crippen LogP contribution >= 0.6 is 0 Å². The molecule has 0 unspecified atom stereocenters. The summed E-state index contributed by atoms with van der Waals surface area (Å²) < 4.78 is 1.47. The molecule has 0 aliphatic heterocycles. The first kappa shape index (κ1) is 9.57. The van der Waals surface area contributed by atoms with Gasteiger partial charge in [0.25, 0.3) is 5.91 Å². The van der Waals surface area contributed by atoms with E-state index in [0.717, 1.165) is 6.42 Å². The predicted octanol–water partition coefficient (Wildman–Crippen LogP) is 0.142. The molecule has 0 saturated carbocycles. The summed E-state index contributed by atoms with van der Waals surface area (Å²) in [5.74, 6) is 0.316. The topological polar surface area (TPSA) is 72.9 Å². The van der Waals surface area contributed by atoms with Crippen LogP contribution in [0.25, 0.3) is 0 Å². The van der Waals surface area contributed by atoms with Gasteiger partial charge in [-0.15, -0.1) is 0 Å². The average Bonchev–Trinajstić information content (AvgIpc) is 2.43. The summed E-state index contributed by atoms with van der Waals surface area (Å²) in [5, 5.41) is 6.66. The second kappa shape index (κ2) is 3.93. The number of rotatable bonds is 3. The van der Waals surface area contributed by atoms with Crippen molar-refractivity contribution < 1.29 is 4.79 Å². The van der Waals surface area contributed by atoms with E-state index in [1.54, 1.807) is 13.1 Å². The third-order valence-corrected chi connectivity index (χ3v) is 1.68.